The smallest absolute Gasteiger partial charge is 0.260 e. The molecule has 1 aliphatic rings. The van der Waals surface area contributed by atoms with E-state index < -0.39 is 0 Å². The molecule has 1 atom stereocenters. The fourth-order valence-electron chi connectivity index (χ4n) is 3.37. The zero-order valence-electron chi connectivity index (χ0n) is 15.4. The predicted octanol–water partition coefficient (Wildman–Crippen LogP) is 1.02. The van der Waals surface area contributed by atoms with Crippen molar-refractivity contribution in [3.63, 3.8) is 0 Å². The minimum absolute atomic E-state index is 0.0514. The van der Waals surface area contributed by atoms with E-state index in [1.54, 1.807) is 17.0 Å². The zero-order valence-corrected chi connectivity index (χ0v) is 15.4. The van der Waals surface area contributed by atoms with Gasteiger partial charge in [-0.2, -0.15) is 4.52 Å². The predicted molar refractivity (Wildman–Crippen MR) is 99.3 cm³/mol. The van der Waals surface area contributed by atoms with E-state index in [-0.39, 0.29) is 12.5 Å². The van der Waals surface area contributed by atoms with Crippen molar-refractivity contribution >= 4 is 11.6 Å². The number of carbonyl (C=O) groups excluding carboxylic acids is 1. The highest BCUT2D eigenvalue weighted by atomic mass is 16.5. The summed E-state index contributed by atoms with van der Waals surface area (Å²) in [7, 11) is 3.92. The van der Waals surface area contributed by atoms with Crippen LogP contribution in [0, 0.1) is 0 Å². The minimum atomic E-state index is -0.0760. The van der Waals surface area contributed by atoms with Gasteiger partial charge in [-0.1, -0.05) is 24.3 Å². The topological polar surface area (TPSA) is 75.9 Å². The lowest BCUT2D eigenvalue weighted by atomic mass is 9.94. The van der Waals surface area contributed by atoms with E-state index in [1.165, 1.54) is 22.0 Å². The molecule has 0 saturated heterocycles. The number of nitrogens with zero attached hydrogens (tertiary/aromatic N) is 6. The summed E-state index contributed by atoms with van der Waals surface area (Å²) in [5, 5.41) is 11.9. The Morgan fingerprint density at radius 1 is 1.26 bits per heavy atom. The third kappa shape index (κ3) is 3.75. The number of aromatic nitrogens is 4. The summed E-state index contributed by atoms with van der Waals surface area (Å²) in [6.45, 7) is 1.51. The molecule has 0 fully saturated rings. The lowest BCUT2D eigenvalue weighted by Gasteiger charge is -2.36. The Labute approximate surface area is 157 Å². The van der Waals surface area contributed by atoms with Gasteiger partial charge in [-0.15, -0.1) is 15.3 Å². The molecule has 0 aliphatic carbocycles. The van der Waals surface area contributed by atoms with Crippen molar-refractivity contribution in [1.29, 1.82) is 0 Å². The second-order valence-corrected chi connectivity index (χ2v) is 6.91. The van der Waals surface area contributed by atoms with E-state index in [4.69, 9.17) is 4.74 Å². The highest BCUT2D eigenvalue weighted by Gasteiger charge is 2.25. The molecular formula is C19H22N6O2. The van der Waals surface area contributed by atoms with Crippen molar-refractivity contribution < 1.29 is 9.53 Å². The number of ether oxygens (including phenoxy) is 1. The highest BCUT2D eigenvalue weighted by molar-refractivity contribution is 5.77. The van der Waals surface area contributed by atoms with Crippen LogP contribution in [-0.4, -0.2) is 68.8 Å². The average molecular weight is 366 g/mol. The maximum absolute atomic E-state index is 12.5. The SMILES string of the molecule is CN(CC1Cc2ccccc2CN1C)C(=O)COc1ccc2nncn2n1. The van der Waals surface area contributed by atoms with Gasteiger partial charge in [0.05, 0.1) is 0 Å². The zero-order chi connectivity index (χ0) is 18.8. The lowest BCUT2D eigenvalue weighted by molar-refractivity contribution is -0.132. The molecule has 0 saturated carbocycles. The first kappa shape index (κ1) is 17.4. The molecule has 0 N–H and O–H groups in total. The van der Waals surface area contributed by atoms with Crippen LogP contribution in [0.15, 0.2) is 42.7 Å². The molecule has 1 aromatic carbocycles. The second-order valence-electron chi connectivity index (χ2n) is 6.91. The molecule has 0 radical (unpaired) electrons. The van der Waals surface area contributed by atoms with E-state index >= 15 is 0 Å². The molecule has 0 spiro atoms. The van der Waals surface area contributed by atoms with Crippen molar-refractivity contribution in [2.24, 2.45) is 0 Å². The summed E-state index contributed by atoms with van der Waals surface area (Å²) < 4.78 is 7.06. The Bertz CT molecular complexity index is 956. The quantitative estimate of drug-likeness (QED) is 0.671. The van der Waals surface area contributed by atoms with Crippen LogP contribution in [0.1, 0.15) is 11.1 Å². The Kier molecular flexibility index (Phi) is 4.72. The second kappa shape index (κ2) is 7.32. The van der Waals surface area contributed by atoms with Crippen LogP contribution in [0.4, 0.5) is 0 Å². The Morgan fingerprint density at radius 2 is 2.07 bits per heavy atom. The van der Waals surface area contributed by atoms with Gasteiger partial charge in [0.15, 0.2) is 12.3 Å². The Balaban J connectivity index is 1.33. The third-order valence-corrected chi connectivity index (χ3v) is 5.01. The van der Waals surface area contributed by atoms with Crippen LogP contribution in [-0.2, 0) is 17.8 Å². The molecule has 1 amide bonds. The molecule has 8 heteroatoms. The number of rotatable bonds is 5. The standard InChI is InChI=1S/C19H22N6O2/c1-23-10-15-6-4-3-5-14(15)9-16(23)11-24(2)19(26)12-27-18-8-7-17-21-20-13-25(17)22-18/h3-8,13,16H,9-12H2,1-2H3. The number of hydrogen-bond acceptors (Lipinski definition) is 6. The van der Waals surface area contributed by atoms with Gasteiger partial charge < -0.3 is 9.64 Å². The Hall–Kier alpha value is -3.00. The van der Waals surface area contributed by atoms with Gasteiger partial charge in [-0.25, -0.2) is 0 Å². The molecule has 3 heterocycles. The monoisotopic (exact) mass is 366 g/mol. The number of fused-ring (bicyclic) bond motifs is 2. The summed E-state index contributed by atoms with van der Waals surface area (Å²) in [4.78, 5) is 16.5. The summed E-state index contributed by atoms with van der Waals surface area (Å²) in [6.07, 6.45) is 2.43. The normalized spacial score (nSPS) is 16.9. The van der Waals surface area contributed by atoms with Crippen LogP contribution < -0.4 is 4.74 Å². The van der Waals surface area contributed by atoms with Crippen LogP contribution >= 0.6 is 0 Å². The fourth-order valence-corrected chi connectivity index (χ4v) is 3.37. The van der Waals surface area contributed by atoms with Gasteiger partial charge in [0, 0.05) is 32.2 Å². The Morgan fingerprint density at radius 3 is 2.93 bits per heavy atom. The summed E-state index contributed by atoms with van der Waals surface area (Å²) in [5.41, 5.74) is 3.36. The van der Waals surface area contributed by atoms with E-state index in [0.29, 0.717) is 24.1 Å². The van der Waals surface area contributed by atoms with E-state index in [1.807, 2.05) is 7.05 Å². The van der Waals surface area contributed by atoms with Crippen molar-refractivity contribution in [2.45, 2.75) is 19.0 Å². The van der Waals surface area contributed by atoms with Crippen molar-refractivity contribution in [2.75, 3.05) is 27.2 Å². The number of benzene rings is 1. The minimum Gasteiger partial charge on any atom is -0.467 e. The third-order valence-electron chi connectivity index (χ3n) is 5.01. The van der Waals surface area contributed by atoms with Crippen molar-refractivity contribution in [1.82, 2.24) is 29.6 Å². The van der Waals surface area contributed by atoms with E-state index in [2.05, 4.69) is 51.5 Å². The molecule has 4 rings (SSSR count). The largest absolute Gasteiger partial charge is 0.467 e. The number of hydrogen-bond donors (Lipinski definition) is 0. The van der Waals surface area contributed by atoms with Crippen LogP contribution in [0.3, 0.4) is 0 Å². The molecule has 1 aliphatic heterocycles. The van der Waals surface area contributed by atoms with Gasteiger partial charge >= 0.3 is 0 Å². The maximum Gasteiger partial charge on any atom is 0.260 e. The van der Waals surface area contributed by atoms with Gasteiger partial charge in [0.2, 0.25) is 5.88 Å². The molecule has 3 aromatic rings. The van der Waals surface area contributed by atoms with Crippen LogP contribution in [0.25, 0.3) is 5.65 Å². The molecule has 1 unspecified atom stereocenters. The number of likely N-dealkylation sites (N-methyl/N-ethyl adjacent to an activating group) is 2. The summed E-state index contributed by atoms with van der Waals surface area (Å²) in [5.74, 6) is 0.292. The molecule has 0 bridgehead atoms. The number of amides is 1. The van der Waals surface area contributed by atoms with Gasteiger partial charge in [0.25, 0.3) is 5.91 Å². The van der Waals surface area contributed by atoms with Gasteiger partial charge in [-0.05, 0) is 30.7 Å². The van der Waals surface area contributed by atoms with E-state index in [9.17, 15) is 4.79 Å². The molecule has 8 nitrogen and oxygen atoms in total. The molecule has 140 valence electrons. The first-order valence-electron chi connectivity index (χ1n) is 8.91. The van der Waals surface area contributed by atoms with Crippen molar-refractivity contribution in [3.8, 4) is 5.88 Å². The first-order chi connectivity index (χ1) is 13.1. The molecule has 2 aromatic heterocycles. The summed E-state index contributed by atoms with van der Waals surface area (Å²) in [6, 6.07) is 12.2. The lowest BCUT2D eigenvalue weighted by Crippen LogP contribution is -2.47. The fraction of sp³-hybridized carbons (Fsp3) is 0.368. The van der Waals surface area contributed by atoms with Gasteiger partial charge in [-0.3, -0.25) is 9.69 Å². The van der Waals surface area contributed by atoms with Crippen LogP contribution in [0.5, 0.6) is 5.88 Å². The van der Waals surface area contributed by atoms with Crippen LogP contribution in [0.2, 0.25) is 0 Å². The molecular weight excluding hydrogens is 344 g/mol. The van der Waals surface area contributed by atoms with Crippen molar-refractivity contribution in [3.05, 3.63) is 53.9 Å². The average Bonchev–Trinajstić information content (AvgIpc) is 3.14. The maximum atomic E-state index is 12.5. The molecule has 27 heavy (non-hydrogen) atoms. The first-order valence-corrected chi connectivity index (χ1v) is 8.91. The number of carbonyl (C=O) groups is 1. The highest BCUT2D eigenvalue weighted by Crippen LogP contribution is 2.22. The summed E-state index contributed by atoms with van der Waals surface area (Å²) >= 11 is 0. The van der Waals surface area contributed by atoms with Gasteiger partial charge in [0.1, 0.15) is 6.33 Å². The van der Waals surface area contributed by atoms with E-state index in [0.717, 1.165) is 13.0 Å².